The van der Waals surface area contributed by atoms with Crippen LogP contribution in [0.4, 0.5) is 4.79 Å². The molecule has 348 valence electrons. The first kappa shape index (κ1) is 48.0. The maximum absolute atomic E-state index is 14.7. The minimum atomic E-state index is -4.02. The van der Waals surface area contributed by atoms with Gasteiger partial charge >= 0.3 is 6.09 Å². The van der Waals surface area contributed by atoms with Crippen molar-refractivity contribution in [1.29, 1.82) is 0 Å². The Morgan fingerprint density at radius 1 is 0.797 bits per heavy atom. The minimum absolute atomic E-state index is 0.0426. The monoisotopic (exact) mass is 953 g/mol. The van der Waals surface area contributed by atoms with Gasteiger partial charge in [-0.25, -0.2) is 26.4 Å². The summed E-state index contributed by atoms with van der Waals surface area (Å²) in [6.07, 6.45) is 0.945. The fourth-order valence-electron chi connectivity index (χ4n) is 8.71. The van der Waals surface area contributed by atoms with E-state index in [9.17, 15) is 31.2 Å². The second-order valence-electron chi connectivity index (χ2n) is 21.2. The number of likely N-dealkylation sites (N-methyl/N-ethyl adjacent to an activating group) is 1. The Morgan fingerprint density at radius 3 is 1.89 bits per heavy atom. The summed E-state index contributed by atoms with van der Waals surface area (Å²) in [5, 5.41) is 1.21. The number of carbonyl (C=O) groups is 3. The van der Waals surface area contributed by atoms with E-state index in [-0.39, 0.29) is 35.7 Å². The molecule has 7 rings (SSSR count). The van der Waals surface area contributed by atoms with Crippen LogP contribution in [0, 0.1) is 0 Å². The topological polar surface area (TPSA) is 176 Å². The van der Waals surface area contributed by atoms with Crippen LogP contribution >= 0.6 is 0 Å². The maximum atomic E-state index is 14.7. The number of para-hydroxylation sites is 2. The summed E-state index contributed by atoms with van der Waals surface area (Å²) in [4.78, 5) is 43.3. The van der Waals surface area contributed by atoms with Crippen molar-refractivity contribution in [2.24, 2.45) is 0 Å². The molecule has 0 saturated carbocycles. The molecule has 2 saturated heterocycles. The first-order valence-electron chi connectivity index (χ1n) is 21.8. The highest BCUT2D eigenvalue weighted by Gasteiger charge is 2.57. The van der Waals surface area contributed by atoms with Crippen LogP contribution in [-0.4, -0.2) is 130 Å². The van der Waals surface area contributed by atoms with Gasteiger partial charge in [0.2, 0.25) is 20.0 Å². The number of rotatable bonds is 13. The van der Waals surface area contributed by atoms with Gasteiger partial charge in [-0.15, -0.1) is 0 Å². The van der Waals surface area contributed by atoms with E-state index < -0.39 is 89.8 Å². The summed E-state index contributed by atoms with van der Waals surface area (Å²) in [6, 6.07) is 13.7. The minimum Gasteiger partial charge on any atom is -0.443 e. The number of hydrogen-bond donors (Lipinski definition) is 1. The van der Waals surface area contributed by atoms with Crippen LogP contribution in [-0.2, 0) is 50.4 Å². The molecule has 2 amide bonds. The van der Waals surface area contributed by atoms with E-state index in [1.54, 1.807) is 65.1 Å². The molecule has 2 fully saturated rings. The van der Waals surface area contributed by atoms with Crippen LogP contribution in [0.5, 0.6) is 0 Å². The highest BCUT2D eigenvalue weighted by molar-refractivity contribution is 7.89. The number of ether oxygens (including phenoxy) is 3. The molecule has 0 unspecified atom stereocenters. The van der Waals surface area contributed by atoms with Gasteiger partial charge in [0.1, 0.15) is 17.8 Å². The highest BCUT2D eigenvalue weighted by Crippen LogP contribution is 2.43. The van der Waals surface area contributed by atoms with Crippen LogP contribution in [0.1, 0.15) is 45.7 Å². The second-order valence-corrected chi connectivity index (χ2v) is 36.4. The number of benzene rings is 2. The van der Waals surface area contributed by atoms with Gasteiger partial charge < -0.3 is 18.8 Å². The molecule has 0 spiro atoms. The first-order chi connectivity index (χ1) is 29.5. The molecule has 19 heteroatoms. The summed E-state index contributed by atoms with van der Waals surface area (Å²) in [7, 11) is -10.0. The summed E-state index contributed by atoms with van der Waals surface area (Å²) in [5.41, 5.74) is 1.42. The number of carbonyl (C=O) groups excluding carboxylic acids is 3. The number of nitrogens with zero attached hydrogens (tertiary/aromatic N) is 4. The molecule has 2 aromatic carbocycles. The lowest BCUT2D eigenvalue weighted by Gasteiger charge is -2.44. The number of nitrogens with one attached hydrogen (secondary N) is 1. The SMILES string of the molecule is CN1C(=O)C(c2cn(C[C@H]3[C@H]4OC(C)(C)O[C@@H]4[C@@H](NS(=O)(=O)CC[Si](C)(C)C)CN3S(=O)(=O)CC[Si](C)(C)C)c3ccccc23)=C(c2cn(C(=O)OC(C)(C)C)c3ccccc23)C1=O. The van der Waals surface area contributed by atoms with E-state index in [1.807, 2.05) is 28.8 Å². The van der Waals surface area contributed by atoms with Gasteiger partial charge in [0.25, 0.3) is 11.8 Å². The fourth-order valence-corrected chi connectivity index (χ4v) is 17.7. The number of imide groups is 1. The maximum Gasteiger partial charge on any atom is 0.419 e. The van der Waals surface area contributed by atoms with Gasteiger partial charge in [-0.1, -0.05) is 75.7 Å². The Balaban J connectivity index is 1.37. The van der Waals surface area contributed by atoms with Crippen LogP contribution < -0.4 is 4.72 Å². The predicted octanol–water partition coefficient (Wildman–Crippen LogP) is 6.79. The highest BCUT2D eigenvalue weighted by atomic mass is 32.2. The third kappa shape index (κ3) is 9.91. The Hall–Kier alpha value is -3.96. The molecule has 0 aliphatic carbocycles. The summed E-state index contributed by atoms with van der Waals surface area (Å²) in [6.45, 7) is 21.3. The lowest BCUT2D eigenvalue weighted by atomic mass is 9.94. The van der Waals surface area contributed by atoms with Gasteiger partial charge in [-0.3, -0.25) is 19.1 Å². The Bertz CT molecular complexity index is 2780. The number of aromatic nitrogens is 2. The molecular formula is C45H63N5O10S2Si2. The Morgan fingerprint density at radius 2 is 1.31 bits per heavy atom. The second kappa shape index (κ2) is 16.7. The lowest BCUT2D eigenvalue weighted by molar-refractivity contribution is -0.148. The van der Waals surface area contributed by atoms with Crippen molar-refractivity contribution >= 4 is 87.1 Å². The average Bonchev–Trinajstić information content (AvgIpc) is 3.89. The molecule has 4 atom stereocenters. The normalized spacial score (nSPS) is 22.6. The third-order valence-electron chi connectivity index (χ3n) is 11.9. The van der Waals surface area contributed by atoms with Crippen molar-refractivity contribution in [1.82, 2.24) is 23.1 Å². The van der Waals surface area contributed by atoms with Crippen LogP contribution in [0.3, 0.4) is 0 Å². The van der Waals surface area contributed by atoms with Gasteiger partial charge in [0.15, 0.2) is 5.79 Å². The standard InChI is InChI=1S/C45H63N5O10S2Si2/c1-44(2,3)60-43(53)49-26-32(30-18-14-16-20-35(30)49)38-37(41(51)47(6)42(38)52)31-25-48(34-19-15-13-17-29(31)34)28-36-40-39(58-45(4,5)59-40)33(46-61(54,55)21-23-63(7,8)9)27-50(36)62(56,57)22-24-64(10,11)12/h13-20,25-26,33,36,39-40,46H,21-24,27-28H2,1-12H3/t33-,36-,39+,40+/m0/s1. The number of hydrogen-bond acceptors (Lipinski definition) is 10. The van der Waals surface area contributed by atoms with Crippen molar-refractivity contribution in [2.75, 3.05) is 25.1 Å². The molecule has 1 N–H and O–H groups in total. The molecule has 3 aliphatic rings. The third-order valence-corrected chi connectivity index (χ3v) is 19.4. The predicted molar refractivity (Wildman–Crippen MR) is 255 cm³/mol. The van der Waals surface area contributed by atoms with Crippen molar-refractivity contribution in [3.63, 3.8) is 0 Å². The molecule has 3 aliphatic heterocycles. The molecule has 2 aromatic heterocycles. The Labute approximate surface area is 379 Å². The molecule has 0 radical (unpaired) electrons. The van der Waals surface area contributed by atoms with Crippen molar-refractivity contribution in [2.45, 2.75) is 128 Å². The summed E-state index contributed by atoms with van der Waals surface area (Å²) in [5.74, 6) is -2.46. The number of piperidine rings is 1. The number of amides is 2. The largest absolute Gasteiger partial charge is 0.443 e. The number of fused-ring (bicyclic) bond motifs is 3. The Kier molecular flexibility index (Phi) is 12.5. The molecule has 15 nitrogen and oxygen atoms in total. The smallest absolute Gasteiger partial charge is 0.419 e. The molecule has 4 aromatic rings. The van der Waals surface area contributed by atoms with Crippen LogP contribution in [0.25, 0.3) is 33.0 Å². The zero-order valence-corrected chi connectivity index (χ0v) is 42.6. The quantitative estimate of drug-likeness (QED) is 0.111. The zero-order valence-electron chi connectivity index (χ0n) is 39.0. The van der Waals surface area contributed by atoms with E-state index in [0.29, 0.717) is 45.0 Å². The van der Waals surface area contributed by atoms with E-state index in [2.05, 4.69) is 44.0 Å². The van der Waals surface area contributed by atoms with Crippen molar-refractivity contribution in [3.8, 4) is 0 Å². The van der Waals surface area contributed by atoms with Gasteiger partial charge in [0.05, 0.1) is 40.3 Å². The van der Waals surface area contributed by atoms with E-state index in [1.165, 1.54) is 22.1 Å². The van der Waals surface area contributed by atoms with Crippen molar-refractivity contribution in [3.05, 3.63) is 72.1 Å². The molecule has 0 bridgehead atoms. The van der Waals surface area contributed by atoms with Crippen molar-refractivity contribution < 1.29 is 45.4 Å². The van der Waals surface area contributed by atoms with E-state index in [4.69, 9.17) is 14.2 Å². The zero-order chi connectivity index (χ0) is 47.1. The lowest BCUT2D eigenvalue weighted by Crippen LogP contribution is -2.67. The van der Waals surface area contributed by atoms with Crippen LogP contribution in [0.15, 0.2) is 60.9 Å². The van der Waals surface area contributed by atoms with Gasteiger partial charge in [-0.05, 0) is 58.8 Å². The van der Waals surface area contributed by atoms with E-state index >= 15 is 0 Å². The van der Waals surface area contributed by atoms with Crippen LogP contribution in [0.2, 0.25) is 51.4 Å². The average molecular weight is 954 g/mol. The molecular weight excluding hydrogens is 891 g/mol. The molecule has 5 heterocycles. The molecule has 64 heavy (non-hydrogen) atoms. The first-order valence-corrected chi connectivity index (χ1v) is 32.5. The van der Waals surface area contributed by atoms with Gasteiger partial charge in [-0.2, -0.15) is 4.31 Å². The van der Waals surface area contributed by atoms with E-state index in [0.717, 1.165) is 4.90 Å². The number of sulfonamides is 2. The van der Waals surface area contributed by atoms with Gasteiger partial charge in [0, 0.05) is 76.1 Å². The summed E-state index contributed by atoms with van der Waals surface area (Å²) >= 11 is 0. The summed E-state index contributed by atoms with van der Waals surface area (Å²) < 4.78 is 83.1. The fraction of sp³-hybridized carbons (Fsp3) is 0.533.